The van der Waals surface area contributed by atoms with Crippen molar-refractivity contribution in [2.75, 3.05) is 32.7 Å². The predicted molar refractivity (Wildman–Crippen MR) is 73.3 cm³/mol. The Balaban J connectivity index is 1.78. The fraction of sp³-hybridized carbons (Fsp3) is 0.600. The Morgan fingerprint density at radius 2 is 2.00 bits per heavy atom. The molecule has 2 rings (SSSR count). The highest BCUT2D eigenvalue weighted by Crippen LogP contribution is 2.24. The molecule has 0 amide bonds. The third kappa shape index (κ3) is 4.25. The maximum atomic E-state index is 13.6. The molecule has 4 heteroatoms. The molecule has 1 aliphatic rings. The predicted octanol–water partition coefficient (Wildman–Crippen LogP) is 2.75. The molecular formula is C15H22F2N2. The molecule has 1 aromatic rings. The molecule has 0 aliphatic carbocycles. The van der Waals surface area contributed by atoms with Gasteiger partial charge in [0.2, 0.25) is 0 Å². The molecular weight excluding hydrogens is 246 g/mol. The van der Waals surface area contributed by atoms with Gasteiger partial charge in [-0.15, -0.1) is 0 Å². The highest BCUT2D eigenvalue weighted by molar-refractivity contribution is 5.21. The van der Waals surface area contributed by atoms with Gasteiger partial charge < -0.3 is 10.2 Å². The lowest BCUT2D eigenvalue weighted by molar-refractivity contribution is 0.235. The maximum absolute atomic E-state index is 13.6. The van der Waals surface area contributed by atoms with Crippen LogP contribution in [0, 0.1) is 11.6 Å². The molecule has 1 heterocycles. The summed E-state index contributed by atoms with van der Waals surface area (Å²) in [6, 6.07) is 3.88. The van der Waals surface area contributed by atoms with Gasteiger partial charge in [-0.2, -0.15) is 0 Å². The second kappa shape index (κ2) is 6.96. The van der Waals surface area contributed by atoms with Gasteiger partial charge in [-0.1, -0.05) is 13.0 Å². The third-order valence-corrected chi connectivity index (χ3v) is 3.81. The molecule has 1 unspecified atom stereocenters. The van der Waals surface area contributed by atoms with Crippen molar-refractivity contribution in [2.45, 2.75) is 25.7 Å². The highest BCUT2D eigenvalue weighted by atomic mass is 19.1. The monoisotopic (exact) mass is 268 g/mol. The minimum absolute atomic E-state index is 0.142. The number of piperazine rings is 1. The van der Waals surface area contributed by atoms with Crippen LogP contribution in [0.15, 0.2) is 18.2 Å². The zero-order valence-electron chi connectivity index (χ0n) is 11.5. The van der Waals surface area contributed by atoms with E-state index in [-0.39, 0.29) is 5.92 Å². The van der Waals surface area contributed by atoms with Crippen molar-refractivity contribution < 1.29 is 8.78 Å². The van der Waals surface area contributed by atoms with E-state index in [2.05, 4.69) is 10.2 Å². The number of benzene rings is 1. The van der Waals surface area contributed by atoms with E-state index in [0.717, 1.165) is 51.6 Å². The average molecular weight is 268 g/mol. The highest BCUT2D eigenvalue weighted by Gasteiger charge is 2.13. The Bertz CT molecular complexity index is 403. The summed E-state index contributed by atoms with van der Waals surface area (Å²) in [7, 11) is 0. The smallest absolute Gasteiger partial charge is 0.129 e. The normalized spacial score (nSPS) is 18.5. The van der Waals surface area contributed by atoms with Gasteiger partial charge >= 0.3 is 0 Å². The largest absolute Gasteiger partial charge is 0.314 e. The summed E-state index contributed by atoms with van der Waals surface area (Å²) in [5.41, 5.74) is 0.627. The van der Waals surface area contributed by atoms with Crippen molar-refractivity contribution in [3.8, 4) is 0 Å². The first kappa shape index (κ1) is 14.4. The Morgan fingerprint density at radius 3 is 2.68 bits per heavy atom. The number of nitrogens with one attached hydrogen (secondary N) is 1. The van der Waals surface area contributed by atoms with E-state index in [0.29, 0.717) is 5.56 Å². The van der Waals surface area contributed by atoms with Gasteiger partial charge in [0.25, 0.3) is 0 Å². The second-order valence-corrected chi connectivity index (χ2v) is 5.30. The van der Waals surface area contributed by atoms with E-state index in [9.17, 15) is 8.78 Å². The number of hydrogen-bond donors (Lipinski definition) is 1. The van der Waals surface area contributed by atoms with Crippen LogP contribution >= 0.6 is 0 Å². The quantitative estimate of drug-likeness (QED) is 0.883. The van der Waals surface area contributed by atoms with Crippen molar-refractivity contribution in [2.24, 2.45) is 0 Å². The average Bonchev–Trinajstić information content (AvgIpc) is 2.39. The Labute approximate surface area is 113 Å². The summed E-state index contributed by atoms with van der Waals surface area (Å²) in [5.74, 6) is -0.785. The molecule has 1 N–H and O–H groups in total. The van der Waals surface area contributed by atoms with E-state index in [1.165, 1.54) is 6.07 Å². The van der Waals surface area contributed by atoms with Crippen LogP contribution in [-0.4, -0.2) is 37.6 Å². The molecule has 1 aliphatic heterocycles. The number of nitrogens with zero attached hydrogens (tertiary/aromatic N) is 1. The first-order valence-electron chi connectivity index (χ1n) is 7.05. The second-order valence-electron chi connectivity index (χ2n) is 5.30. The summed E-state index contributed by atoms with van der Waals surface area (Å²) in [5, 5.41) is 3.33. The lowest BCUT2D eigenvalue weighted by Crippen LogP contribution is -2.43. The number of halogens is 2. The van der Waals surface area contributed by atoms with Crippen LogP contribution in [0.4, 0.5) is 8.78 Å². The van der Waals surface area contributed by atoms with Crippen LogP contribution in [0.3, 0.4) is 0 Å². The van der Waals surface area contributed by atoms with Gasteiger partial charge in [0.05, 0.1) is 0 Å². The molecule has 0 radical (unpaired) electrons. The van der Waals surface area contributed by atoms with Gasteiger partial charge in [-0.05, 0) is 36.9 Å². The fourth-order valence-electron chi connectivity index (χ4n) is 2.61. The molecule has 0 aromatic heterocycles. The maximum Gasteiger partial charge on any atom is 0.129 e. The van der Waals surface area contributed by atoms with E-state index >= 15 is 0 Å². The summed E-state index contributed by atoms with van der Waals surface area (Å²) in [4.78, 5) is 2.43. The van der Waals surface area contributed by atoms with Crippen molar-refractivity contribution in [1.82, 2.24) is 10.2 Å². The first-order chi connectivity index (χ1) is 9.16. The van der Waals surface area contributed by atoms with E-state index in [1.807, 2.05) is 6.92 Å². The summed E-state index contributed by atoms with van der Waals surface area (Å²) in [6.07, 6.45) is 1.99. The van der Waals surface area contributed by atoms with Crippen LogP contribution in [0.5, 0.6) is 0 Å². The molecule has 0 spiro atoms. The fourth-order valence-corrected chi connectivity index (χ4v) is 2.61. The zero-order chi connectivity index (χ0) is 13.7. The Kier molecular flexibility index (Phi) is 5.28. The third-order valence-electron chi connectivity index (χ3n) is 3.81. The van der Waals surface area contributed by atoms with Crippen LogP contribution in [0.1, 0.15) is 31.2 Å². The number of hydrogen-bond acceptors (Lipinski definition) is 2. The SMILES string of the molecule is CC(CCCN1CCNCC1)c1ccc(F)cc1F. The summed E-state index contributed by atoms with van der Waals surface area (Å²) in [6.45, 7) is 7.38. The first-order valence-corrected chi connectivity index (χ1v) is 7.05. The van der Waals surface area contributed by atoms with Crippen LogP contribution in [0.2, 0.25) is 0 Å². The van der Waals surface area contributed by atoms with E-state index < -0.39 is 11.6 Å². The van der Waals surface area contributed by atoms with Gasteiger partial charge in [-0.3, -0.25) is 0 Å². The molecule has 2 nitrogen and oxygen atoms in total. The minimum atomic E-state index is -0.505. The minimum Gasteiger partial charge on any atom is -0.314 e. The molecule has 1 saturated heterocycles. The molecule has 1 fully saturated rings. The molecule has 0 bridgehead atoms. The van der Waals surface area contributed by atoms with Gasteiger partial charge in [-0.25, -0.2) is 8.78 Å². The standard InChI is InChI=1S/C15H22F2N2/c1-12(14-5-4-13(16)11-15(14)17)3-2-8-19-9-6-18-7-10-19/h4-5,11-12,18H,2-3,6-10H2,1H3. The molecule has 0 saturated carbocycles. The van der Waals surface area contributed by atoms with E-state index in [1.54, 1.807) is 6.07 Å². The van der Waals surface area contributed by atoms with Crippen molar-refractivity contribution in [1.29, 1.82) is 0 Å². The van der Waals surface area contributed by atoms with Gasteiger partial charge in [0.1, 0.15) is 11.6 Å². The van der Waals surface area contributed by atoms with Crippen LogP contribution < -0.4 is 5.32 Å². The summed E-state index contributed by atoms with van der Waals surface area (Å²) < 4.78 is 26.5. The molecule has 1 aromatic carbocycles. The zero-order valence-corrected chi connectivity index (χ0v) is 11.5. The van der Waals surface area contributed by atoms with Crippen molar-refractivity contribution in [3.63, 3.8) is 0 Å². The van der Waals surface area contributed by atoms with E-state index in [4.69, 9.17) is 0 Å². The van der Waals surface area contributed by atoms with Crippen LogP contribution in [0.25, 0.3) is 0 Å². The van der Waals surface area contributed by atoms with Gasteiger partial charge in [0, 0.05) is 32.2 Å². The Morgan fingerprint density at radius 1 is 1.26 bits per heavy atom. The van der Waals surface area contributed by atoms with Gasteiger partial charge in [0.15, 0.2) is 0 Å². The molecule has 106 valence electrons. The van der Waals surface area contributed by atoms with Crippen molar-refractivity contribution in [3.05, 3.63) is 35.4 Å². The lowest BCUT2D eigenvalue weighted by atomic mass is 9.95. The lowest BCUT2D eigenvalue weighted by Gasteiger charge is -2.27. The molecule has 19 heavy (non-hydrogen) atoms. The summed E-state index contributed by atoms with van der Waals surface area (Å²) >= 11 is 0. The van der Waals surface area contributed by atoms with Crippen LogP contribution in [-0.2, 0) is 0 Å². The number of rotatable bonds is 5. The topological polar surface area (TPSA) is 15.3 Å². The Hall–Kier alpha value is -1.00. The molecule has 1 atom stereocenters. The van der Waals surface area contributed by atoms with Crippen molar-refractivity contribution >= 4 is 0 Å².